The summed E-state index contributed by atoms with van der Waals surface area (Å²) in [5.74, 6) is 0. The first kappa shape index (κ1) is 11.2. The number of likely N-dealkylation sites (N-methyl/N-ethyl adjacent to an activating group) is 1. The Bertz CT molecular complexity index is 294. The first-order valence-electron chi connectivity index (χ1n) is 5.08. The molecule has 0 unspecified atom stereocenters. The average molecular weight is 192 g/mol. The van der Waals surface area contributed by atoms with E-state index in [0.29, 0.717) is 6.67 Å². The first-order valence-corrected chi connectivity index (χ1v) is 5.08. The Labute approximate surface area is 86.7 Å². The molecule has 1 rings (SSSR count). The highest BCUT2D eigenvalue weighted by atomic mass is 15.1. The molecule has 2 N–H and O–H groups in total. The highest BCUT2D eigenvalue weighted by molar-refractivity contribution is 5.30. The molecule has 2 nitrogen and oxygen atoms in total. The van der Waals surface area contributed by atoms with Crippen molar-refractivity contribution < 1.29 is 0 Å². The molecule has 14 heavy (non-hydrogen) atoms. The summed E-state index contributed by atoms with van der Waals surface area (Å²) in [6.45, 7) is 5.96. The third-order valence-electron chi connectivity index (χ3n) is 2.58. The second-order valence-electron chi connectivity index (χ2n) is 3.94. The number of nitrogens with two attached hydrogens (primary N) is 1. The number of hydrogen-bond donors (Lipinski definition) is 1. The topological polar surface area (TPSA) is 29.3 Å². The average Bonchev–Trinajstić information content (AvgIpc) is 2.19. The van der Waals surface area contributed by atoms with Crippen LogP contribution >= 0.6 is 0 Å². The SMILES string of the molecule is Cc1ccc(C)c(CCN(C)CN)c1. The van der Waals surface area contributed by atoms with Crippen molar-refractivity contribution in [3.8, 4) is 0 Å². The normalized spacial score (nSPS) is 10.9. The Hall–Kier alpha value is -0.860. The van der Waals surface area contributed by atoms with Gasteiger partial charge in [-0.3, -0.25) is 4.90 Å². The molecule has 0 saturated carbocycles. The van der Waals surface area contributed by atoms with Gasteiger partial charge in [0, 0.05) is 13.2 Å². The van der Waals surface area contributed by atoms with Gasteiger partial charge in [0.25, 0.3) is 0 Å². The quantitative estimate of drug-likeness (QED) is 0.736. The van der Waals surface area contributed by atoms with Crippen LogP contribution in [0.2, 0.25) is 0 Å². The summed E-state index contributed by atoms with van der Waals surface area (Å²) in [5.41, 5.74) is 9.68. The van der Waals surface area contributed by atoms with Gasteiger partial charge in [-0.2, -0.15) is 0 Å². The molecule has 0 bridgehead atoms. The minimum atomic E-state index is 0.630. The van der Waals surface area contributed by atoms with Gasteiger partial charge in [-0.05, 0) is 38.4 Å². The predicted octanol–water partition coefficient (Wildman–Crippen LogP) is 1.69. The van der Waals surface area contributed by atoms with Crippen LogP contribution in [-0.4, -0.2) is 25.2 Å². The largest absolute Gasteiger partial charge is 0.318 e. The molecule has 0 saturated heterocycles. The van der Waals surface area contributed by atoms with Crippen molar-refractivity contribution in [1.29, 1.82) is 0 Å². The molecule has 78 valence electrons. The van der Waals surface area contributed by atoms with E-state index in [0.717, 1.165) is 13.0 Å². The number of nitrogens with zero attached hydrogens (tertiary/aromatic N) is 1. The zero-order valence-corrected chi connectivity index (χ0v) is 9.38. The van der Waals surface area contributed by atoms with E-state index in [1.165, 1.54) is 16.7 Å². The molecule has 2 heteroatoms. The highest BCUT2D eigenvalue weighted by Crippen LogP contribution is 2.11. The molecule has 0 aliphatic heterocycles. The maximum Gasteiger partial charge on any atom is 0.0452 e. The van der Waals surface area contributed by atoms with Crippen molar-refractivity contribution in [1.82, 2.24) is 4.90 Å². The summed E-state index contributed by atoms with van der Waals surface area (Å²) in [4.78, 5) is 2.13. The molecule has 0 amide bonds. The number of hydrogen-bond acceptors (Lipinski definition) is 2. The summed E-state index contributed by atoms with van der Waals surface area (Å²) >= 11 is 0. The molecular formula is C12H20N2. The standard InChI is InChI=1S/C12H20N2/c1-10-4-5-11(2)12(8-10)6-7-14(3)9-13/h4-5,8H,6-7,9,13H2,1-3H3. The maximum atomic E-state index is 5.53. The minimum absolute atomic E-state index is 0.630. The molecule has 1 aromatic carbocycles. The van der Waals surface area contributed by atoms with Crippen LogP contribution in [0, 0.1) is 13.8 Å². The van der Waals surface area contributed by atoms with Crippen molar-refractivity contribution in [2.45, 2.75) is 20.3 Å². The van der Waals surface area contributed by atoms with Crippen molar-refractivity contribution in [3.63, 3.8) is 0 Å². The van der Waals surface area contributed by atoms with Gasteiger partial charge in [-0.25, -0.2) is 0 Å². The van der Waals surface area contributed by atoms with Gasteiger partial charge in [-0.15, -0.1) is 0 Å². The zero-order chi connectivity index (χ0) is 10.6. The minimum Gasteiger partial charge on any atom is -0.318 e. The summed E-state index contributed by atoms with van der Waals surface area (Å²) in [6, 6.07) is 6.61. The summed E-state index contributed by atoms with van der Waals surface area (Å²) in [6.07, 6.45) is 1.08. The lowest BCUT2D eigenvalue weighted by Crippen LogP contribution is -2.27. The molecule has 0 radical (unpaired) electrons. The van der Waals surface area contributed by atoms with Crippen LogP contribution < -0.4 is 5.73 Å². The van der Waals surface area contributed by atoms with Crippen LogP contribution in [-0.2, 0) is 6.42 Å². The number of benzene rings is 1. The number of aryl methyl sites for hydroxylation is 2. The van der Waals surface area contributed by atoms with E-state index in [-0.39, 0.29) is 0 Å². The fraction of sp³-hybridized carbons (Fsp3) is 0.500. The highest BCUT2D eigenvalue weighted by Gasteiger charge is 2.00. The second-order valence-corrected chi connectivity index (χ2v) is 3.94. The molecule has 1 aromatic rings. The van der Waals surface area contributed by atoms with Gasteiger partial charge in [0.1, 0.15) is 0 Å². The molecule has 0 aromatic heterocycles. The lowest BCUT2D eigenvalue weighted by molar-refractivity contribution is 0.349. The van der Waals surface area contributed by atoms with Crippen molar-refractivity contribution in [3.05, 3.63) is 34.9 Å². The van der Waals surface area contributed by atoms with E-state index in [1.807, 2.05) is 7.05 Å². The molecule has 0 heterocycles. The smallest absolute Gasteiger partial charge is 0.0452 e. The Morgan fingerprint density at radius 3 is 2.64 bits per heavy atom. The Morgan fingerprint density at radius 2 is 2.00 bits per heavy atom. The van der Waals surface area contributed by atoms with Crippen LogP contribution in [0.1, 0.15) is 16.7 Å². The Kier molecular flexibility index (Phi) is 4.11. The zero-order valence-electron chi connectivity index (χ0n) is 9.38. The van der Waals surface area contributed by atoms with Crippen molar-refractivity contribution in [2.75, 3.05) is 20.3 Å². The van der Waals surface area contributed by atoms with Crippen LogP contribution in [0.4, 0.5) is 0 Å². The van der Waals surface area contributed by atoms with Crippen LogP contribution in [0.25, 0.3) is 0 Å². The first-order chi connectivity index (χ1) is 6.63. The van der Waals surface area contributed by atoms with E-state index >= 15 is 0 Å². The van der Waals surface area contributed by atoms with Gasteiger partial charge in [0.15, 0.2) is 0 Å². The summed E-state index contributed by atoms with van der Waals surface area (Å²) in [5, 5.41) is 0. The number of rotatable bonds is 4. The third-order valence-corrected chi connectivity index (χ3v) is 2.58. The Balaban J connectivity index is 2.62. The molecule has 0 aliphatic carbocycles. The van der Waals surface area contributed by atoms with E-state index < -0.39 is 0 Å². The van der Waals surface area contributed by atoms with Gasteiger partial charge >= 0.3 is 0 Å². The van der Waals surface area contributed by atoms with Gasteiger partial charge < -0.3 is 5.73 Å². The molecular weight excluding hydrogens is 172 g/mol. The molecule has 0 spiro atoms. The van der Waals surface area contributed by atoms with Gasteiger partial charge in [0.05, 0.1) is 0 Å². The van der Waals surface area contributed by atoms with E-state index in [1.54, 1.807) is 0 Å². The fourth-order valence-corrected chi connectivity index (χ4v) is 1.47. The predicted molar refractivity (Wildman–Crippen MR) is 61.3 cm³/mol. The van der Waals surface area contributed by atoms with Crippen molar-refractivity contribution >= 4 is 0 Å². The van der Waals surface area contributed by atoms with E-state index in [4.69, 9.17) is 5.73 Å². The van der Waals surface area contributed by atoms with E-state index in [2.05, 4.69) is 36.9 Å². The van der Waals surface area contributed by atoms with E-state index in [9.17, 15) is 0 Å². The van der Waals surface area contributed by atoms with Crippen LogP contribution in [0.3, 0.4) is 0 Å². The lowest BCUT2D eigenvalue weighted by Gasteiger charge is -2.14. The third kappa shape index (κ3) is 3.13. The van der Waals surface area contributed by atoms with Crippen LogP contribution in [0.15, 0.2) is 18.2 Å². The summed E-state index contributed by atoms with van der Waals surface area (Å²) in [7, 11) is 2.05. The lowest BCUT2D eigenvalue weighted by atomic mass is 10.0. The maximum absolute atomic E-state index is 5.53. The fourth-order valence-electron chi connectivity index (χ4n) is 1.47. The van der Waals surface area contributed by atoms with Crippen LogP contribution in [0.5, 0.6) is 0 Å². The molecule has 0 fully saturated rings. The van der Waals surface area contributed by atoms with Gasteiger partial charge in [0.2, 0.25) is 0 Å². The summed E-state index contributed by atoms with van der Waals surface area (Å²) < 4.78 is 0. The molecule has 0 aliphatic rings. The van der Waals surface area contributed by atoms with Gasteiger partial charge in [-0.1, -0.05) is 23.8 Å². The molecule has 0 atom stereocenters. The Morgan fingerprint density at radius 1 is 1.29 bits per heavy atom. The van der Waals surface area contributed by atoms with Crippen molar-refractivity contribution in [2.24, 2.45) is 5.73 Å². The second kappa shape index (κ2) is 5.13. The monoisotopic (exact) mass is 192 g/mol.